The SMILES string of the molecule is CCCCn1c(SCC(=O)Nc2ccc(F)cc2Cl)nc2c(-c3ccccc3)c[nH]c2c1=O. The number of nitrogens with one attached hydrogen (secondary N) is 2. The first-order valence-corrected chi connectivity index (χ1v) is 11.9. The number of carbonyl (C=O) groups excluding carboxylic acids is 1. The summed E-state index contributed by atoms with van der Waals surface area (Å²) in [5.41, 5.74) is 2.95. The lowest BCUT2D eigenvalue weighted by atomic mass is 10.1. The highest BCUT2D eigenvalue weighted by Gasteiger charge is 2.18. The second-order valence-electron chi connectivity index (χ2n) is 7.46. The van der Waals surface area contributed by atoms with Crippen molar-refractivity contribution in [2.75, 3.05) is 11.1 Å². The van der Waals surface area contributed by atoms with E-state index in [0.717, 1.165) is 30.0 Å². The largest absolute Gasteiger partial charge is 0.355 e. The normalized spacial score (nSPS) is 11.1. The van der Waals surface area contributed by atoms with Crippen molar-refractivity contribution in [2.45, 2.75) is 31.5 Å². The Morgan fingerprint density at radius 1 is 1.24 bits per heavy atom. The summed E-state index contributed by atoms with van der Waals surface area (Å²) in [6, 6.07) is 13.5. The van der Waals surface area contributed by atoms with Crippen LogP contribution in [0.4, 0.5) is 10.1 Å². The third-order valence-corrected chi connectivity index (χ3v) is 6.40. The number of aromatic nitrogens is 3. The Morgan fingerprint density at radius 3 is 2.76 bits per heavy atom. The summed E-state index contributed by atoms with van der Waals surface area (Å²) in [6.45, 7) is 2.55. The van der Waals surface area contributed by atoms with Crippen molar-refractivity contribution in [1.29, 1.82) is 0 Å². The van der Waals surface area contributed by atoms with E-state index < -0.39 is 5.82 Å². The highest BCUT2D eigenvalue weighted by atomic mass is 35.5. The molecule has 4 aromatic rings. The number of thioether (sulfide) groups is 1. The number of hydrogen-bond acceptors (Lipinski definition) is 4. The first kappa shape index (κ1) is 23.1. The maximum absolute atomic E-state index is 13.3. The van der Waals surface area contributed by atoms with Crippen molar-refractivity contribution >= 4 is 46.0 Å². The zero-order valence-electron chi connectivity index (χ0n) is 17.9. The molecular formula is C24H22ClFN4O2S. The summed E-state index contributed by atoms with van der Waals surface area (Å²) in [6.07, 6.45) is 3.51. The number of fused-ring (bicyclic) bond motifs is 1. The summed E-state index contributed by atoms with van der Waals surface area (Å²) >= 11 is 7.18. The maximum Gasteiger partial charge on any atom is 0.278 e. The molecule has 2 aromatic carbocycles. The van der Waals surface area contributed by atoms with E-state index >= 15 is 0 Å². The van der Waals surface area contributed by atoms with Gasteiger partial charge in [0.15, 0.2) is 5.16 Å². The maximum atomic E-state index is 13.3. The summed E-state index contributed by atoms with van der Waals surface area (Å²) in [7, 11) is 0. The molecule has 0 bridgehead atoms. The highest BCUT2D eigenvalue weighted by Crippen LogP contribution is 2.28. The molecule has 0 aliphatic rings. The molecule has 2 aromatic heterocycles. The van der Waals surface area contributed by atoms with Crippen molar-refractivity contribution in [1.82, 2.24) is 14.5 Å². The molecule has 2 heterocycles. The third-order valence-electron chi connectivity index (χ3n) is 5.11. The summed E-state index contributed by atoms with van der Waals surface area (Å²) in [5.74, 6) is -0.795. The fraction of sp³-hybridized carbons (Fsp3) is 0.208. The van der Waals surface area contributed by atoms with Crippen molar-refractivity contribution < 1.29 is 9.18 Å². The van der Waals surface area contributed by atoms with Crippen LogP contribution in [-0.4, -0.2) is 26.2 Å². The Kier molecular flexibility index (Phi) is 7.15. The number of benzene rings is 2. The van der Waals surface area contributed by atoms with Crippen LogP contribution in [0.3, 0.4) is 0 Å². The van der Waals surface area contributed by atoms with E-state index in [-0.39, 0.29) is 22.2 Å². The van der Waals surface area contributed by atoms with Crippen LogP contribution in [0.1, 0.15) is 19.8 Å². The Hall–Kier alpha value is -3.10. The lowest BCUT2D eigenvalue weighted by Crippen LogP contribution is -2.24. The average Bonchev–Trinajstić information content (AvgIpc) is 3.24. The predicted octanol–water partition coefficient (Wildman–Crippen LogP) is 5.72. The topological polar surface area (TPSA) is 79.8 Å². The van der Waals surface area contributed by atoms with Gasteiger partial charge in [-0.15, -0.1) is 0 Å². The summed E-state index contributed by atoms with van der Waals surface area (Å²) in [4.78, 5) is 33.6. The molecule has 0 aliphatic carbocycles. The molecule has 0 atom stereocenters. The monoisotopic (exact) mass is 484 g/mol. The molecule has 0 fully saturated rings. The molecule has 0 spiro atoms. The molecular weight excluding hydrogens is 463 g/mol. The van der Waals surface area contributed by atoms with Gasteiger partial charge in [-0.25, -0.2) is 9.37 Å². The Labute approximate surface area is 199 Å². The fourth-order valence-corrected chi connectivity index (χ4v) is 4.47. The summed E-state index contributed by atoms with van der Waals surface area (Å²) < 4.78 is 14.9. The zero-order valence-corrected chi connectivity index (χ0v) is 19.5. The molecule has 9 heteroatoms. The standard InChI is InChI=1S/C24H22ClFN4O2S/c1-2-3-11-30-23(32)22-21(17(13-27-22)15-7-5-4-6-8-15)29-24(30)33-14-20(31)28-19-10-9-16(26)12-18(19)25/h4-10,12-13,27H,2-3,11,14H2,1H3,(H,28,31). The van der Waals surface area contributed by atoms with Gasteiger partial charge in [-0.3, -0.25) is 14.2 Å². The van der Waals surface area contributed by atoms with E-state index in [2.05, 4.69) is 10.3 Å². The number of unbranched alkanes of at least 4 members (excludes halogenated alkanes) is 1. The van der Waals surface area contributed by atoms with Gasteiger partial charge < -0.3 is 10.3 Å². The lowest BCUT2D eigenvalue weighted by molar-refractivity contribution is -0.113. The van der Waals surface area contributed by atoms with Gasteiger partial charge in [0.2, 0.25) is 5.91 Å². The van der Waals surface area contributed by atoms with Crippen LogP contribution in [0.5, 0.6) is 0 Å². The van der Waals surface area contributed by atoms with Crippen molar-refractivity contribution in [3.63, 3.8) is 0 Å². The van der Waals surface area contributed by atoms with Crippen molar-refractivity contribution in [3.05, 3.63) is 75.9 Å². The number of anilines is 1. The van der Waals surface area contributed by atoms with Crippen molar-refractivity contribution in [2.24, 2.45) is 0 Å². The third kappa shape index (κ3) is 5.12. The van der Waals surface area contributed by atoms with Crippen LogP contribution < -0.4 is 10.9 Å². The van der Waals surface area contributed by atoms with Crippen LogP contribution in [0.15, 0.2) is 64.7 Å². The molecule has 0 unspecified atom stereocenters. The highest BCUT2D eigenvalue weighted by molar-refractivity contribution is 7.99. The minimum Gasteiger partial charge on any atom is -0.355 e. The smallest absolute Gasteiger partial charge is 0.278 e. The number of carbonyl (C=O) groups is 1. The molecule has 6 nitrogen and oxygen atoms in total. The van der Waals surface area contributed by atoms with Gasteiger partial charge >= 0.3 is 0 Å². The number of hydrogen-bond donors (Lipinski definition) is 2. The van der Waals surface area contributed by atoms with Crippen LogP contribution in [-0.2, 0) is 11.3 Å². The Bertz CT molecular complexity index is 1350. The average molecular weight is 485 g/mol. The summed E-state index contributed by atoms with van der Waals surface area (Å²) in [5, 5.41) is 3.26. The molecule has 0 aliphatic heterocycles. The predicted molar refractivity (Wildman–Crippen MR) is 131 cm³/mol. The number of rotatable bonds is 8. The van der Waals surface area contributed by atoms with E-state index in [1.807, 2.05) is 37.3 Å². The van der Waals surface area contributed by atoms with Gasteiger partial charge in [0.05, 0.1) is 16.5 Å². The second-order valence-corrected chi connectivity index (χ2v) is 8.81. The van der Waals surface area contributed by atoms with Crippen LogP contribution in [0, 0.1) is 5.82 Å². The van der Waals surface area contributed by atoms with Crippen LogP contribution >= 0.6 is 23.4 Å². The van der Waals surface area contributed by atoms with E-state index in [1.165, 1.54) is 23.9 Å². The zero-order chi connectivity index (χ0) is 23.4. The molecule has 0 saturated heterocycles. The van der Waals surface area contributed by atoms with Gasteiger partial charge in [0, 0.05) is 18.3 Å². The molecule has 0 radical (unpaired) electrons. The minimum atomic E-state index is -0.481. The van der Waals surface area contributed by atoms with Gasteiger partial charge in [0.1, 0.15) is 16.9 Å². The van der Waals surface area contributed by atoms with E-state index in [4.69, 9.17) is 16.6 Å². The molecule has 0 saturated carbocycles. The first-order valence-electron chi connectivity index (χ1n) is 10.5. The number of halogens is 2. The second kappa shape index (κ2) is 10.2. The first-order chi connectivity index (χ1) is 16.0. The Balaban J connectivity index is 1.64. The van der Waals surface area contributed by atoms with Crippen LogP contribution in [0.25, 0.3) is 22.2 Å². The minimum absolute atomic E-state index is 0.0167. The molecule has 2 N–H and O–H groups in total. The molecule has 1 amide bonds. The fourth-order valence-electron chi connectivity index (χ4n) is 3.44. The van der Waals surface area contributed by atoms with E-state index in [0.29, 0.717) is 28.4 Å². The quantitative estimate of drug-likeness (QED) is 0.248. The molecule has 4 rings (SSSR count). The molecule has 170 valence electrons. The number of amides is 1. The van der Waals surface area contributed by atoms with Gasteiger partial charge in [-0.1, -0.05) is 67.0 Å². The number of aromatic amines is 1. The Morgan fingerprint density at radius 2 is 2.03 bits per heavy atom. The lowest BCUT2D eigenvalue weighted by Gasteiger charge is -2.12. The van der Waals surface area contributed by atoms with Crippen molar-refractivity contribution in [3.8, 4) is 11.1 Å². The van der Waals surface area contributed by atoms with E-state index in [1.54, 1.807) is 10.8 Å². The number of nitrogens with zero attached hydrogens (tertiary/aromatic N) is 2. The van der Waals surface area contributed by atoms with Gasteiger partial charge in [0.25, 0.3) is 5.56 Å². The van der Waals surface area contributed by atoms with Gasteiger partial charge in [-0.05, 0) is 30.2 Å². The van der Waals surface area contributed by atoms with Crippen LogP contribution in [0.2, 0.25) is 5.02 Å². The molecule has 33 heavy (non-hydrogen) atoms. The van der Waals surface area contributed by atoms with Gasteiger partial charge in [-0.2, -0.15) is 0 Å². The van der Waals surface area contributed by atoms with E-state index in [9.17, 15) is 14.0 Å². The number of H-pyrrole nitrogens is 1.